The molecule has 0 heterocycles. The lowest BCUT2D eigenvalue weighted by molar-refractivity contribution is -0.384. The van der Waals surface area contributed by atoms with E-state index in [1.807, 2.05) is 0 Å². The maximum absolute atomic E-state index is 13.2. The van der Waals surface area contributed by atoms with Crippen molar-refractivity contribution < 1.29 is 22.5 Å². The van der Waals surface area contributed by atoms with Gasteiger partial charge in [0.1, 0.15) is 11.5 Å². The van der Waals surface area contributed by atoms with Crippen LogP contribution in [0.25, 0.3) is 0 Å². The van der Waals surface area contributed by atoms with Gasteiger partial charge in [-0.1, -0.05) is 18.6 Å². The Balaban J connectivity index is 1.62. The summed E-state index contributed by atoms with van der Waals surface area (Å²) in [5.74, 6) is -0.523. The Morgan fingerprint density at radius 2 is 1.83 bits per heavy atom. The van der Waals surface area contributed by atoms with Gasteiger partial charge in [0.15, 0.2) is 9.84 Å². The summed E-state index contributed by atoms with van der Waals surface area (Å²) in [6.07, 6.45) is 3.24. The maximum atomic E-state index is 13.2. The largest absolute Gasteiger partial charge is 0.378 e. The Bertz CT molecular complexity index is 1070. The fourth-order valence-electron chi connectivity index (χ4n) is 3.53. The molecule has 2 aromatic rings. The van der Waals surface area contributed by atoms with Gasteiger partial charge in [-0.2, -0.15) is 0 Å². The van der Waals surface area contributed by atoms with Crippen molar-refractivity contribution in [1.82, 2.24) is 5.32 Å². The first kappa shape index (κ1) is 21.7. The number of carbonyl (C=O) groups excluding carboxylic acids is 1. The van der Waals surface area contributed by atoms with Crippen LogP contribution < -0.4 is 10.6 Å². The number of carbonyl (C=O) groups is 1. The molecular formula is C20H22FN3O5S. The van der Waals surface area contributed by atoms with Crippen molar-refractivity contribution in [2.75, 3.05) is 24.7 Å². The Morgan fingerprint density at radius 3 is 2.37 bits per heavy atom. The van der Waals surface area contributed by atoms with E-state index in [1.54, 1.807) is 12.1 Å². The number of amides is 1. The van der Waals surface area contributed by atoms with Crippen molar-refractivity contribution in [2.45, 2.75) is 29.6 Å². The van der Waals surface area contributed by atoms with Crippen LogP contribution in [-0.4, -0.2) is 38.6 Å². The van der Waals surface area contributed by atoms with Gasteiger partial charge in [-0.25, -0.2) is 12.8 Å². The average Bonchev–Trinajstić information content (AvgIpc) is 2.65. The Morgan fingerprint density at radius 1 is 1.17 bits per heavy atom. The van der Waals surface area contributed by atoms with Crippen molar-refractivity contribution in [3.63, 3.8) is 0 Å². The van der Waals surface area contributed by atoms with Gasteiger partial charge in [0.05, 0.1) is 15.2 Å². The van der Waals surface area contributed by atoms with E-state index in [4.69, 9.17) is 0 Å². The number of nitro groups is 1. The van der Waals surface area contributed by atoms with Crippen molar-refractivity contribution >= 4 is 27.1 Å². The molecule has 0 radical (unpaired) electrons. The molecule has 0 saturated heterocycles. The zero-order chi connectivity index (χ0) is 21.9. The van der Waals surface area contributed by atoms with E-state index in [1.165, 1.54) is 24.3 Å². The molecule has 3 rings (SSSR count). The molecule has 160 valence electrons. The van der Waals surface area contributed by atoms with Gasteiger partial charge >= 0.3 is 0 Å². The summed E-state index contributed by atoms with van der Waals surface area (Å²) in [6.45, 7) is 0.428. The van der Waals surface area contributed by atoms with Crippen molar-refractivity contribution in [3.8, 4) is 0 Å². The van der Waals surface area contributed by atoms with E-state index < -0.39 is 20.2 Å². The first-order valence-corrected chi connectivity index (χ1v) is 11.3. The third kappa shape index (κ3) is 4.43. The third-order valence-corrected chi connectivity index (χ3v) is 6.47. The predicted octanol–water partition coefficient (Wildman–Crippen LogP) is 2.79. The van der Waals surface area contributed by atoms with E-state index in [-0.39, 0.29) is 41.1 Å². The SMILES string of the molecule is CS(=O)(=O)c1ccc(NCCNC(=O)C2(c3ccc(F)cc3)CCC2)c([N+](=O)[O-])c1. The molecule has 10 heteroatoms. The summed E-state index contributed by atoms with van der Waals surface area (Å²) in [4.78, 5) is 23.2. The number of hydrogen-bond acceptors (Lipinski definition) is 6. The Hall–Kier alpha value is -3.01. The fraction of sp³-hybridized carbons (Fsp3) is 0.350. The van der Waals surface area contributed by atoms with Gasteiger partial charge < -0.3 is 10.6 Å². The second kappa shape index (κ2) is 8.39. The van der Waals surface area contributed by atoms with Crippen LogP contribution in [0.5, 0.6) is 0 Å². The van der Waals surface area contributed by atoms with Gasteiger partial charge in [0.25, 0.3) is 5.69 Å². The van der Waals surface area contributed by atoms with Crippen molar-refractivity contribution in [2.24, 2.45) is 0 Å². The van der Waals surface area contributed by atoms with Crippen LogP contribution in [0.3, 0.4) is 0 Å². The minimum atomic E-state index is -3.57. The summed E-state index contributed by atoms with van der Waals surface area (Å²) in [7, 11) is -3.57. The minimum absolute atomic E-state index is 0.140. The second-order valence-corrected chi connectivity index (χ2v) is 9.35. The van der Waals surface area contributed by atoms with E-state index in [2.05, 4.69) is 10.6 Å². The molecule has 2 aromatic carbocycles. The van der Waals surface area contributed by atoms with E-state index in [0.717, 1.165) is 24.3 Å². The van der Waals surface area contributed by atoms with Crippen LogP contribution in [0.2, 0.25) is 0 Å². The number of halogens is 1. The summed E-state index contributed by atoms with van der Waals surface area (Å²) in [5.41, 5.74) is -0.0891. The van der Waals surface area contributed by atoms with E-state index in [0.29, 0.717) is 12.8 Å². The van der Waals surface area contributed by atoms with Gasteiger partial charge in [-0.15, -0.1) is 0 Å². The first-order chi connectivity index (χ1) is 14.1. The van der Waals surface area contributed by atoms with Gasteiger partial charge in [0.2, 0.25) is 5.91 Å². The van der Waals surface area contributed by atoms with Crippen LogP contribution in [-0.2, 0) is 20.0 Å². The topological polar surface area (TPSA) is 118 Å². The molecule has 30 heavy (non-hydrogen) atoms. The molecule has 1 saturated carbocycles. The summed E-state index contributed by atoms with van der Waals surface area (Å²) >= 11 is 0. The Labute approximate surface area is 173 Å². The number of anilines is 1. The van der Waals surface area contributed by atoms with Crippen LogP contribution >= 0.6 is 0 Å². The number of nitro benzene ring substituents is 1. The zero-order valence-electron chi connectivity index (χ0n) is 16.4. The molecule has 0 aliphatic heterocycles. The summed E-state index contributed by atoms with van der Waals surface area (Å²) in [5, 5.41) is 17.0. The van der Waals surface area contributed by atoms with Crippen LogP contribution in [0.1, 0.15) is 24.8 Å². The molecule has 0 bridgehead atoms. The highest BCUT2D eigenvalue weighted by Crippen LogP contribution is 2.44. The second-order valence-electron chi connectivity index (χ2n) is 7.33. The molecule has 0 aromatic heterocycles. The molecule has 2 N–H and O–H groups in total. The monoisotopic (exact) mass is 435 g/mol. The molecule has 8 nitrogen and oxygen atoms in total. The molecule has 0 atom stereocenters. The molecule has 1 fully saturated rings. The highest BCUT2D eigenvalue weighted by molar-refractivity contribution is 7.90. The van der Waals surface area contributed by atoms with Gasteiger partial charge in [0, 0.05) is 25.4 Å². The summed E-state index contributed by atoms with van der Waals surface area (Å²) in [6, 6.07) is 9.56. The lowest BCUT2D eigenvalue weighted by Crippen LogP contribution is -2.50. The number of sulfone groups is 1. The molecule has 0 spiro atoms. The highest BCUT2D eigenvalue weighted by Gasteiger charge is 2.45. The molecular weight excluding hydrogens is 413 g/mol. The van der Waals surface area contributed by atoms with Crippen LogP contribution in [0, 0.1) is 15.9 Å². The summed E-state index contributed by atoms with van der Waals surface area (Å²) < 4.78 is 36.4. The number of hydrogen-bond donors (Lipinski definition) is 2. The van der Waals surface area contributed by atoms with Gasteiger partial charge in [-0.05, 0) is 42.7 Å². The lowest BCUT2D eigenvalue weighted by Gasteiger charge is -2.40. The smallest absolute Gasteiger partial charge is 0.293 e. The van der Waals surface area contributed by atoms with Crippen molar-refractivity contribution in [3.05, 3.63) is 64.0 Å². The average molecular weight is 435 g/mol. The lowest BCUT2D eigenvalue weighted by atomic mass is 9.64. The number of rotatable bonds is 8. The number of nitrogens with zero attached hydrogens (tertiary/aromatic N) is 1. The molecule has 1 amide bonds. The highest BCUT2D eigenvalue weighted by atomic mass is 32.2. The number of nitrogens with one attached hydrogen (secondary N) is 2. The fourth-order valence-corrected chi connectivity index (χ4v) is 4.17. The Kier molecular flexibility index (Phi) is 6.06. The minimum Gasteiger partial charge on any atom is -0.378 e. The maximum Gasteiger partial charge on any atom is 0.293 e. The predicted molar refractivity (Wildman–Crippen MR) is 110 cm³/mol. The first-order valence-electron chi connectivity index (χ1n) is 9.40. The van der Waals surface area contributed by atoms with E-state index in [9.17, 15) is 27.7 Å². The van der Waals surface area contributed by atoms with E-state index >= 15 is 0 Å². The third-order valence-electron chi connectivity index (χ3n) is 5.36. The number of benzene rings is 2. The zero-order valence-corrected chi connectivity index (χ0v) is 17.2. The van der Waals surface area contributed by atoms with Gasteiger partial charge in [-0.3, -0.25) is 14.9 Å². The van der Waals surface area contributed by atoms with Crippen molar-refractivity contribution in [1.29, 1.82) is 0 Å². The quantitative estimate of drug-likeness (QED) is 0.374. The molecule has 0 unspecified atom stereocenters. The molecule has 1 aliphatic carbocycles. The van der Waals surface area contributed by atoms with Crippen LogP contribution in [0.4, 0.5) is 15.8 Å². The standard InChI is InChI=1S/C20H22FN3O5S/c1-30(28,29)16-7-8-17(18(13-16)24(26)27)22-11-12-23-19(25)20(9-2-10-20)14-3-5-15(21)6-4-14/h3-8,13,22H,2,9-12H2,1H3,(H,23,25). The molecule has 1 aliphatic rings. The normalized spacial score (nSPS) is 15.1. The van der Waals surface area contributed by atoms with Crippen LogP contribution in [0.15, 0.2) is 47.4 Å².